The van der Waals surface area contributed by atoms with Crippen LogP contribution in [0, 0.1) is 22.3 Å². The zero-order valence-corrected chi connectivity index (χ0v) is 17.9. The summed E-state index contributed by atoms with van der Waals surface area (Å²) in [5.74, 6) is 0.204. The second-order valence-corrected chi connectivity index (χ2v) is 5.03. The number of benzene rings is 3. The minimum Gasteiger partial charge on any atom is -0.506 e. The Morgan fingerprint density at radius 2 is 1.25 bits per heavy atom. The number of hydrogen-bond acceptors (Lipinski definition) is 2. The van der Waals surface area contributed by atoms with Crippen LogP contribution in [0.3, 0.4) is 0 Å². The van der Waals surface area contributed by atoms with Crippen LogP contribution in [-0.4, -0.2) is 17.5 Å². The predicted molar refractivity (Wildman–Crippen MR) is 113 cm³/mol. The van der Waals surface area contributed by atoms with E-state index in [2.05, 4.69) is 9.98 Å². The van der Waals surface area contributed by atoms with Gasteiger partial charge in [0.1, 0.15) is 5.75 Å². The summed E-state index contributed by atoms with van der Waals surface area (Å²) in [4.78, 5) is 7.55. The van der Waals surface area contributed by atoms with E-state index in [1.807, 2.05) is 78.9 Å². The molecule has 0 saturated heterocycles. The summed E-state index contributed by atoms with van der Waals surface area (Å²) in [5, 5.41) is 10.4. The smallest absolute Gasteiger partial charge is 0.506 e. The molecule has 0 bridgehead atoms. The summed E-state index contributed by atoms with van der Waals surface area (Å²) in [6.45, 7) is 0. The molecule has 1 radical (unpaired) electrons. The van der Waals surface area contributed by atoms with Crippen molar-refractivity contribution in [1.82, 2.24) is 0 Å². The molecule has 0 aliphatic carbocycles. The second kappa shape index (κ2) is 15.9. The van der Waals surface area contributed by atoms with E-state index in [9.17, 15) is 5.11 Å². The van der Waals surface area contributed by atoms with Gasteiger partial charge in [-0.05, 0) is 24.3 Å². The van der Waals surface area contributed by atoms with Gasteiger partial charge in [0.25, 0.3) is 0 Å². The first-order valence-electron chi connectivity index (χ1n) is 7.39. The maximum atomic E-state index is 10.4. The second-order valence-electron chi connectivity index (χ2n) is 5.03. The van der Waals surface area contributed by atoms with Crippen LogP contribution in [0.4, 0.5) is 11.4 Å². The molecule has 0 spiro atoms. The average Bonchev–Trinajstić information content (AvgIpc) is 2.61. The predicted octanol–water partition coefficient (Wildman–Crippen LogP) is 1.33. The van der Waals surface area contributed by atoms with Crippen molar-refractivity contribution < 1.29 is 45.5 Å². The van der Waals surface area contributed by atoms with Gasteiger partial charge in [-0.3, -0.25) is 4.99 Å². The Bertz CT molecular complexity index is 770. The van der Waals surface area contributed by atoms with Crippen molar-refractivity contribution in [2.45, 2.75) is 0 Å². The van der Waals surface area contributed by atoms with Crippen LogP contribution in [0.2, 0.25) is 0 Å². The number of para-hydroxylation sites is 3. The summed E-state index contributed by atoms with van der Waals surface area (Å²) in [7, 11) is 0. The van der Waals surface area contributed by atoms with Gasteiger partial charge >= 0.3 is 35.4 Å². The third kappa shape index (κ3) is 8.72. The van der Waals surface area contributed by atoms with Crippen molar-refractivity contribution in [3.63, 3.8) is 0 Å². The van der Waals surface area contributed by atoms with Gasteiger partial charge in [-0.15, -0.1) is 0 Å². The molecule has 0 amide bonds. The van der Waals surface area contributed by atoms with Gasteiger partial charge in [0.15, 0.2) is 6.21 Å². The number of hydrogen-bond donors (Lipinski definition) is 2. The van der Waals surface area contributed by atoms with Crippen molar-refractivity contribution in [3.8, 4) is 5.75 Å². The molecule has 0 heterocycles. The maximum Gasteiger partial charge on any atom is 3.00 e. The van der Waals surface area contributed by atoms with Crippen molar-refractivity contribution in [2.75, 3.05) is 0 Å². The molecular weight excluding hydrogens is 386 g/mol. The van der Waals surface area contributed by atoms with E-state index in [-0.39, 0.29) is 63.4 Å². The molecule has 0 aliphatic rings. The summed E-state index contributed by atoms with van der Waals surface area (Å²) in [6.07, 6.45) is 3.45. The Morgan fingerprint density at radius 3 is 1.86 bits per heavy atom. The van der Waals surface area contributed by atoms with E-state index >= 15 is 0 Å². The van der Waals surface area contributed by atoms with Gasteiger partial charge in [0.2, 0.25) is 5.69 Å². The largest absolute Gasteiger partial charge is 3.00 e. The van der Waals surface area contributed by atoms with E-state index in [0.29, 0.717) is 11.1 Å². The normalized spacial score (nSPS) is 9.29. The van der Waals surface area contributed by atoms with Crippen molar-refractivity contribution >= 4 is 23.8 Å². The van der Waals surface area contributed by atoms with Crippen LogP contribution in [0.15, 0.2) is 83.9 Å². The molecule has 3 rings (SSSR count). The summed E-state index contributed by atoms with van der Waals surface area (Å²) in [5.41, 5.74) is 3.21. The minimum absolute atomic E-state index is 0. The minimum atomic E-state index is 0. The van der Waals surface area contributed by atoms with Crippen molar-refractivity contribution in [2.24, 2.45) is 4.99 Å². The summed E-state index contributed by atoms with van der Waals surface area (Å²) in [6, 6.07) is 25.0. The molecule has 3 aromatic rings. The standard InChI is InChI=1S/C20H16N2O.3CH3.Li.Ni/c23-20-16(14-21-18-10-3-1-4-11-18)8-7-9-17(20)15-22-19-12-5-2-6-13-19;;;;;/h1-15,23H;3*1H3;;/q;3*-1;+1;+3/p+1. The molecule has 28 heavy (non-hydrogen) atoms. The average molecular weight is 412 g/mol. The number of nitrogens with one attached hydrogen (secondary N) is 1. The molecule has 0 saturated carbocycles. The first-order valence-corrected chi connectivity index (χ1v) is 7.39. The molecule has 0 atom stereocenters. The van der Waals surface area contributed by atoms with E-state index in [4.69, 9.17) is 0 Å². The van der Waals surface area contributed by atoms with E-state index < -0.39 is 0 Å². The van der Waals surface area contributed by atoms with Crippen LogP contribution in [0.25, 0.3) is 0 Å². The fraction of sp³-hybridized carbons (Fsp3) is 0. The summed E-state index contributed by atoms with van der Waals surface area (Å²) >= 11 is 0. The molecule has 0 unspecified atom stereocenters. The Labute approximate surface area is 191 Å². The van der Waals surface area contributed by atoms with Gasteiger partial charge in [-0.25, -0.2) is 4.99 Å². The van der Waals surface area contributed by atoms with Crippen LogP contribution in [-0.2, 0) is 16.5 Å². The quantitative estimate of drug-likeness (QED) is 0.379. The topological polar surface area (TPSA) is 46.6 Å². The van der Waals surface area contributed by atoms with Gasteiger partial charge in [0, 0.05) is 23.9 Å². The Hall–Kier alpha value is -2.11. The van der Waals surface area contributed by atoms with Crippen molar-refractivity contribution in [3.05, 3.63) is 112 Å². The molecular formula is C23H26LiN2NiO+2. The SMILES string of the molecule is Oc1c(C=Nc2ccccc2)cccc1C=[NH+]c1ccccc1.[CH3-].[CH3-].[CH3-].[Li+].[Ni+3]. The third-order valence-electron chi connectivity index (χ3n) is 3.38. The number of nitrogens with zero attached hydrogens (tertiary/aromatic N) is 1. The molecule has 0 fully saturated rings. The molecule has 0 aliphatic heterocycles. The first kappa shape index (κ1) is 30.6. The molecule has 0 aromatic heterocycles. The van der Waals surface area contributed by atoms with Crippen LogP contribution >= 0.6 is 0 Å². The molecule has 3 aromatic carbocycles. The van der Waals surface area contributed by atoms with E-state index in [1.165, 1.54) is 0 Å². The number of rotatable bonds is 4. The third-order valence-corrected chi connectivity index (χ3v) is 3.38. The monoisotopic (exact) mass is 411 g/mol. The Kier molecular flexibility index (Phi) is 17.4. The van der Waals surface area contributed by atoms with Crippen LogP contribution < -0.4 is 23.9 Å². The Morgan fingerprint density at radius 1 is 0.714 bits per heavy atom. The maximum absolute atomic E-state index is 10.4. The van der Waals surface area contributed by atoms with Gasteiger partial charge < -0.3 is 27.4 Å². The molecule has 2 N–H and O–H groups in total. The zero-order valence-electron chi connectivity index (χ0n) is 16.9. The molecule has 3 nitrogen and oxygen atoms in total. The fourth-order valence-electron chi connectivity index (χ4n) is 2.15. The first-order chi connectivity index (χ1) is 11.3. The number of phenolic OH excluding ortho intramolecular Hbond substituents is 1. The van der Waals surface area contributed by atoms with E-state index in [1.54, 1.807) is 12.4 Å². The van der Waals surface area contributed by atoms with Gasteiger partial charge in [0.05, 0.1) is 11.3 Å². The fourth-order valence-corrected chi connectivity index (χ4v) is 2.15. The van der Waals surface area contributed by atoms with Crippen LogP contribution in [0.5, 0.6) is 5.75 Å². The Balaban J connectivity index is -0.00000125. The number of aliphatic imine (C=N–C) groups is 1. The molecule has 5 heteroatoms. The summed E-state index contributed by atoms with van der Waals surface area (Å²) < 4.78 is 0. The van der Waals surface area contributed by atoms with Gasteiger partial charge in [-0.1, -0.05) is 42.5 Å². The van der Waals surface area contributed by atoms with Gasteiger partial charge in [-0.2, -0.15) is 0 Å². The molecule has 143 valence electrons. The number of phenols is 1. The van der Waals surface area contributed by atoms with Crippen molar-refractivity contribution in [1.29, 1.82) is 0 Å². The van der Waals surface area contributed by atoms with Crippen LogP contribution in [0.1, 0.15) is 11.1 Å². The zero-order chi connectivity index (χ0) is 15.9. The van der Waals surface area contributed by atoms with E-state index in [0.717, 1.165) is 11.4 Å². The number of aromatic hydroxyl groups is 1.